The predicted octanol–water partition coefficient (Wildman–Crippen LogP) is 2.66. The lowest BCUT2D eigenvalue weighted by Gasteiger charge is -2.06. The molecule has 0 unspecified atom stereocenters. The molecule has 0 bridgehead atoms. The van der Waals surface area contributed by atoms with E-state index in [2.05, 4.69) is 4.72 Å². The van der Waals surface area contributed by atoms with E-state index in [1.807, 2.05) is 6.07 Å². The summed E-state index contributed by atoms with van der Waals surface area (Å²) in [6.45, 7) is 0. The smallest absolute Gasteiger partial charge is 0.271 e. The maximum atomic E-state index is 12.0. The zero-order valence-electron chi connectivity index (χ0n) is 9.42. The Bertz CT molecular complexity index is 762. The number of sulfonamides is 1. The van der Waals surface area contributed by atoms with Crippen LogP contribution in [0, 0.1) is 11.3 Å². The molecule has 0 spiro atoms. The van der Waals surface area contributed by atoms with Crippen molar-refractivity contribution >= 4 is 44.3 Å². The summed E-state index contributed by atoms with van der Waals surface area (Å²) in [6, 6.07) is 7.57. The molecule has 1 aromatic carbocycles. The van der Waals surface area contributed by atoms with Crippen LogP contribution in [-0.2, 0) is 10.0 Å². The molecule has 0 aliphatic heterocycles. The van der Waals surface area contributed by atoms with Gasteiger partial charge in [0.25, 0.3) is 10.0 Å². The minimum absolute atomic E-state index is 0.110. The highest BCUT2D eigenvalue weighted by molar-refractivity contribution is 7.94. The average Bonchev–Trinajstić information content (AvgIpc) is 2.79. The number of nitrogen functional groups attached to an aromatic ring is 1. The number of hydrogen-bond acceptors (Lipinski definition) is 5. The third-order valence-corrected chi connectivity index (χ3v) is 5.37. The fraction of sp³-hybridized carbons (Fsp3) is 0. The summed E-state index contributed by atoms with van der Waals surface area (Å²) in [5.41, 5.74) is 6.35. The van der Waals surface area contributed by atoms with Crippen molar-refractivity contribution in [2.45, 2.75) is 4.21 Å². The second-order valence-corrected chi connectivity index (χ2v) is 6.84. The zero-order valence-corrected chi connectivity index (χ0v) is 11.8. The number of halogens is 1. The Balaban J connectivity index is 2.34. The van der Waals surface area contributed by atoms with Gasteiger partial charge in [-0.3, -0.25) is 4.72 Å². The Morgan fingerprint density at radius 3 is 2.68 bits per heavy atom. The van der Waals surface area contributed by atoms with Crippen molar-refractivity contribution in [2.75, 3.05) is 10.5 Å². The summed E-state index contributed by atoms with van der Waals surface area (Å²) in [5, 5.41) is 10.6. The monoisotopic (exact) mass is 313 g/mol. The lowest BCUT2D eigenvalue weighted by molar-refractivity contribution is 0.603. The first kappa shape index (κ1) is 13.7. The van der Waals surface area contributed by atoms with Crippen molar-refractivity contribution in [3.8, 4) is 6.07 Å². The molecule has 0 aliphatic carbocycles. The maximum Gasteiger partial charge on any atom is 0.271 e. The van der Waals surface area contributed by atoms with Crippen molar-refractivity contribution in [3.63, 3.8) is 0 Å². The van der Waals surface area contributed by atoms with Gasteiger partial charge < -0.3 is 5.73 Å². The molecular weight excluding hydrogens is 306 g/mol. The van der Waals surface area contributed by atoms with Gasteiger partial charge in [0.2, 0.25) is 0 Å². The van der Waals surface area contributed by atoms with Gasteiger partial charge >= 0.3 is 0 Å². The van der Waals surface area contributed by atoms with Crippen LogP contribution in [0.25, 0.3) is 0 Å². The molecule has 0 fully saturated rings. The minimum atomic E-state index is -3.69. The number of nitrogens with zero attached hydrogens (tertiary/aromatic N) is 1. The normalized spacial score (nSPS) is 10.9. The Morgan fingerprint density at radius 2 is 2.11 bits per heavy atom. The summed E-state index contributed by atoms with van der Waals surface area (Å²) < 4.78 is 26.5. The van der Waals surface area contributed by atoms with E-state index in [0.717, 1.165) is 11.3 Å². The van der Waals surface area contributed by atoms with E-state index in [1.165, 1.54) is 29.6 Å². The zero-order chi connectivity index (χ0) is 14.0. The van der Waals surface area contributed by atoms with E-state index in [1.54, 1.807) is 0 Å². The molecule has 8 heteroatoms. The largest absolute Gasteiger partial charge is 0.398 e. The van der Waals surface area contributed by atoms with Gasteiger partial charge in [-0.2, -0.15) is 5.26 Å². The first-order valence-corrected chi connectivity index (χ1v) is 7.73. The number of nitrogens with one attached hydrogen (secondary N) is 1. The molecular formula is C11H8ClN3O2S2. The van der Waals surface area contributed by atoms with Crippen LogP contribution in [0.1, 0.15) is 5.56 Å². The van der Waals surface area contributed by atoms with Gasteiger partial charge in [-0.1, -0.05) is 11.6 Å². The number of thiophene rings is 1. The van der Waals surface area contributed by atoms with Crippen molar-refractivity contribution in [1.29, 1.82) is 5.26 Å². The van der Waals surface area contributed by atoms with Crippen molar-refractivity contribution in [3.05, 3.63) is 40.2 Å². The Labute approximate surface area is 119 Å². The highest BCUT2D eigenvalue weighted by atomic mass is 35.5. The molecule has 2 rings (SSSR count). The van der Waals surface area contributed by atoms with Crippen LogP contribution in [0.4, 0.5) is 11.4 Å². The van der Waals surface area contributed by atoms with E-state index in [9.17, 15) is 8.42 Å². The van der Waals surface area contributed by atoms with E-state index in [-0.39, 0.29) is 20.5 Å². The van der Waals surface area contributed by atoms with Crippen LogP contribution in [-0.4, -0.2) is 8.42 Å². The number of hydrogen-bond donors (Lipinski definition) is 2. The number of nitriles is 1. The first-order chi connectivity index (χ1) is 8.92. The molecule has 0 amide bonds. The minimum Gasteiger partial charge on any atom is -0.398 e. The highest BCUT2D eigenvalue weighted by Crippen LogP contribution is 2.26. The number of rotatable bonds is 3. The Kier molecular flexibility index (Phi) is 3.66. The highest BCUT2D eigenvalue weighted by Gasteiger charge is 2.17. The first-order valence-electron chi connectivity index (χ1n) is 4.99. The van der Waals surface area contributed by atoms with E-state index >= 15 is 0 Å². The molecule has 2 aromatic rings. The standard InChI is InChI=1S/C11H8ClN3O2S2/c12-10-2-1-9(3-7(10)5-13)15-19(16,17)11-4-8(14)6-18-11/h1-4,6,15H,14H2. The number of benzene rings is 1. The predicted molar refractivity (Wildman–Crippen MR) is 75.7 cm³/mol. The third-order valence-electron chi connectivity index (χ3n) is 2.20. The summed E-state index contributed by atoms with van der Waals surface area (Å²) >= 11 is 6.80. The average molecular weight is 314 g/mol. The molecule has 5 nitrogen and oxygen atoms in total. The Hall–Kier alpha value is -1.75. The van der Waals surface area contributed by atoms with E-state index < -0.39 is 10.0 Å². The fourth-order valence-electron chi connectivity index (χ4n) is 1.35. The van der Waals surface area contributed by atoms with Crippen molar-refractivity contribution in [2.24, 2.45) is 0 Å². The number of anilines is 2. The van der Waals surface area contributed by atoms with Crippen LogP contribution < -0.4 is 10.5 Å². The molecule has 0 radical (unpaired) electrons. The summed E-state index contributed by atoms with van der Waals surface area (Å²) in [6.07, 6.45) is 0. The van der Waals surface area contributed by atoms with Crippen molar-refractivity contribution < 1.29 is 8.42 Å². The molecule has 19 heavy (non-hydrogen) atoms. The van der Waals surface area contributed by atoms with Gasteiger partial charge in [-0.05, 0) is 24.3 Å². The summed E-state index contributed by atoms with van der Waals surface area (Å²) in [4.78, 5) is 0. The van der Waals surface area contributed by atoms with Crippen LogP contribution in [0.2, 0.25) is 5.02 Å². The van der Waals surface area contributed by atoms with E-state index in [0.29, 0.717) is 5.69 Å². The second kappa shape index (κ2) is 5.09. The molecule has 3 N–H and O–H groups in total. The van der Waals surface area contributed by atoms with Gasteiger partial charge in [-0.15, -0.1) is 11.3 Å². The summed E-state index contributed by atoms with van der Waals surface area (Å²) in [7, 11) is -3.69. The van der Waals surface area contributed by atoms with Gasteiger partial charge in [0.1, 0.15) is 10.3 Å². The number of nitrogens with two attached hydrogens (primary N) is 1. The quantitative estimate of drug-likeness (QED) is 0.910. The topological polar surface area (TPSA) is 96.0 Å². The maximum absolute atomic E-state index is 12.0. The van der Waals surface area contributed by atoms with Crippen LogP contribution in [0.3, 0.4) is 0 Å². The van der Waals surface area contributed by atoms with Crippen LogP contribution >= 0.6 is 22.9 Å². The summed E-state index contributed by atoms with van der Waals surface area (Å²) in [5.74, 6) is 0. The second-order valence-electron chi connectivity index (χ2n) is 3.61. The van der Waals surface area contributed by atoms with Gasteiger partial charge in [0.05, 0.1) is 16.3 Å². The lowest BCUT2D eigenvalue weighted by Crippen LogP contribution is -2.11. The van der Waals surface area contributed by atoms with E-state index in [4.69, 9.17) is 22.6 Å². The van der Waals surface area contributed by atoms with Gasteiger partial charge in [-0.25, -0.2) is 8.42 Å². The molecule has 1 heterocycles. The fourth-order valence-corrected chi connectivity index (χ4v) is 3.64. The molecule has 1 aromatic heterocycles. The van der Waals surface area contributed by atoms with Gasteiger partial charge in [0, 0.05) is 11.1 Å². The molecule has 0 saturated heterocycles. The van der Waals surface area contributed by atoms with Crippen molar-refractivity contribution in [1.82, 2.24) is 0 Å². The Morgan fingerprint density at radius 1 is 1.37 bits per heavy atom. The van der Waals surface area contributed by atoms with Crippen LogP contribution in [0.5, 0.6) is 0 Å². The SMILES string of the molecule is N#Cc1cc(NS(=O)(=O)c2cc(N)cs2)ccc1Cl. The molecule has 0 aliphatic rings. The molecule has 0 atom stereocenters. The molecule has 0 saturated carbocycles. The molecule has 98 valence electrons. The van der Waals surface area contributed by atoms with Gasteiger partial charge in [0.15, 0.2) is 0 Å². The lowest BCUT2D eigenvalue weighted by atomic mass is 10.2. The third kappa shape index (κ3) is 2.98. The van der Waals surface area contributed by atoms with Crippen LogP contribution in [0.15, 0.2) is 33.9 Å².